The maximum Gasteiger partial charge on any atom is 0.410 e. The molecule has 22 heteroatoms. The molecule has 3 aromatic heterocycles. The molecule has 0 spiro atoms. The first kappa shape index (κ1) is 55.9. The molecule has 14 rings (SSSR count). The summed E-state index contributed by atoms with van der Waals surface area (Å²) in [5.74, 6) is 1.15. The van der Waals surface area contributed by atoms with Gasteiger partial charge in [0.2, 0.25) is 5.91 Å². The molecule has 450 valence electrons. The first-order valence-corrected chi connectivity index (χ1v) is 30.6. The van der Waals surface area contributed by atoms with Crippen LogP contribution in [0.2, 0.25) is 0 Å². The second-order valence-corrected chi connectivity index (χ2v) is 25.2. The Bertz CT molecular complexity index is 3820. The van der Waals surface area contributed by atoms with Gasteiger partial charge in [-0.05, 0) is 125 Å². The molecule has 5 amide bonds. The standard InChI is InChI=1S/C64H73FN12O9/c1-37-49(65)31-51-48(32-66-77(51)53-8-6-7-25-83-53)54(37)55-46(40-14-15-40)30-47-56(68-61(85-44-18-26-82-27-19-44)69-58(47)75-34-43-29-42(75)35-76(43)63(81)86-64(2,3)4)57(55)84-36-38-9-12-41(13-10-38)60(79)73-23-21-72(22-24-73)33-39-11-16-45-50(28-39)71(5)70-59(45)74-20-17-52(78)67-62(74)80/h9-13,16,28,30-32,40,42-44,53H,6-8,14-15,17-27,29,33-36H2,1-5H3,(H,67,78,80)/t42-,43-,53?/m0/s1. The number of imide groups is 1. The fourth-order valence-corrected chi connectivity index (χ4v) is 13.5. The van der Waals surface area contributed by atoms with E-state index in [0.717, 1.165) is 82.5 Å². The van der Waals surface area contributed by atoms with Crippen LogP contribution in [0.15, 0.2) is 60.8 Å². The van der Waals surface area contributed by atoms with Crippen molar-refractivity contribution >= 4 is 68.3 Å². The van der Waals surface area contributed by atoms with Crippen LogP contribution in [0.4, 0.5) is 25.6 Å². The predicted molar refractivity (Wildman–Crippen MR) is 319 cm³/mol. The van der Waals surface area contributed by atoms with Gasteiger partial charge in [-0.1, -0.05) is 18.2 Å². The number of carbonyl (C=O) groups excluding carboxylic acids is 4. The molecule has 7 aliphatic rings. The number of halogens is 1. The number of nitrogens with one attached hydrogen (secondary N) is 1. The van der Waals surface area contributed by atoms with Crippen molar-refractivity contribution in [3.05, 3.63) is 94.4 Å². The van der Waals surface area contributed by atoms with E-state index in [4.69, 9.17) is 38.8 Å². The summed E-state index contributed by atoms with van der Waals surface area (Å²) in [7, 11) is 1.85. The third-order valence-corrected chi connectivity index (χ3v) is 18.2. The second kappa shape index (κ2) is 22.4. The molecule has 0 radical (unpaired) electrons. The van der Waals surface area contributed by atoms with Crippen molar-refractivity contribution in [2.24, 2.45) is 7.05 Å². The molecular formula is C64H73FN12O9. The summed E-state index contributed by atoms with van der Waals surface area (Å²) in [6.45, 7) is 13.8. The minimum absolute atomic E-state index is 0.0460. The van der Waals surface area contributed by atoms with Gasteiger partial charge in [0.25, 0.3) is 5.91 Å². The van der Waals surface area contributed by atoms with Crippen LogP contribution in [0.3, 0.4) is 0 Å². The number of piperazine rings is 2. The smallest absolute Gasteiger partial charge is 0.410 e. The molecule has 1 unspecified atom stereocenters. The number of likely N-dealkylation sites (tertiary alicyclic amines) is 1. The van der Waals surface area contributed by atoms with Gasteiger partial charge in [-0.3, -0.25) is 29.4 Å². The van der Waals surface area contributed by atoms with Crippen LogP contribution in [-0.2, 0) is 39.2 Å². The molecule has 1 aliphatic carbocycles. The zero-order chi connectivity index (χ0) is 59.1. The lowest BCUT2D eigenvalue weighted by atomic mass is 9.88. The van der Waals surface area contributed by atoms with Crippen LogP contribution >= 0.6 is 0 Å². The van der Waals surface area contributed by atoms with Gasteiger partial charge in [-0.15, -0.1) is 0 Å². The van der Waals surface area contributed by atoms with Gasteiger partial charge in [0.05, 0.1) is 42.5 Å². The van der Waals surface area contributed by atoms with Crippen LogP contribution in [0.1, 0.15) is 123 Å². The van der Waals surface area contributed by atoms with Crippen molar-refractivity contribution in [1.82, 2.24) is 49.5 Å². The Kier molecular flexibility index (Phi) is 14.6. The molecule has 6 saturated heterocycles. The number of carbonyl (C=O) groups is 4. The lowest BCUT2D eigenvalue weighted by Crippen LogP contribution is -2.50. The van der Waals surface area contributed by atoms with Crippen LogP contribution in [0.25, 0.3) is 43.8 Å². The molecule has 7 aromatic rings. The fraction of sp³-hybridized carbons (Fsp3) is 0.500. The van der Waals surface area contributed by atoms with E-state index in [9.17, 15) is 19.2 Å². The summed E-state index contributed by atoms with van der Waals surface area (Å²) in [6, 6.07) is 17.1. The Morgan fingerprint density at radius 3 is 2.33 bits per heavy atom. The van der Waals surface area contributed by atoms with Gasteiger partial charge in [-0.2, -0.15) is 20.2 Å². The molecular weight excluding hydrogens is 1100 g/mol. The molecule has 1 N–H and O–H groups in total. The first-order chi connectivity index (χ1) is 41.6. The summed E-state index contributed by atoms with van der Waals surface area (Å²) in [4.78, 5) is 72.7. The third kappa shape index (κ3) is 10.7. The molecule has 6 aliphatic heterocycles. The lowest BCUT2D eigenvalue weighted by Gasteiger charge is -2.36. The summed E-state index contributed by atoms with van der Waals surface area (Å²) in [6.07, 6.45) is 7.94. The van der Waals surface area contributed by atoms with E-state index in [2.05, 4.69) is 32.3 Å². The maximum atomic E-state index is 16.9. The highest BCUT2D eigenvalue weighted by atomic mass is 19.1. The number of hydrogen-bond donors (Lipinski definition) is 1. The molecule has 7 fully saturated rings. The number of aryl methyl sites for hydroxylation is 1. The maximum absolute atomic E-state index is 16.9. The van der Waals surface area contributed by atoms with Gasteiger partial charge in [0.1, 0.15) is 35.5 Å². The largest absolute Gasteiger partial charge is 0.486 e. The van der Waals surface area contributed by atoms with E-state index in [0.29, 0.717) is 124 Å². The number of benzene rings is 4. The third-order valence-electron chi connectivity index (χ3n) is 18.2. The molecule has 4 aromatic carbocycles. The molecule has 1 saturated carbocycles. The highest BCUT2D eigenvalue weighted by molar-refractivity contribution is 6.09. The summed E-state index contributed by atoms with van der Waals surface area (Å²) in [5, 5.41) is 14.3. The predicted octanol–water partition coefficient (Wildman–Crippen LogP) is 9.30. The second-order valence-electron chi connectivity index (χ2n) is 25.2. The Hall–Kier alpha value is -7.95. The van der Waals surface area contributed by atoms with Crippen LogP contribution in [0.5, 0.6) is 11.8 Å². The van der Waals surface area contributed by atoms with Crippen LogP contribution in [0, 0.1) is 12.7 Å². The topological polar surface area (TPSA) is 204 Å². The molecule has 21 nitrogen and oxygen atoms in total. The van der Waals surface area contributed by atoms with Gasteiger partial charge in [0, 0.05) is 124 Å². The number of fused-ring (bicyclic) bond motifs is 5. The zero-order valence-corrected chi connectivity index (χ0v) is 49.5. The zero-order valence-electron chi connectivity index (χ0n) is 49.5. The van der Waals surface area contributed by atoms with Gasteiger partial charge in [-0.25, -0.2) is 18.7 Å². The monoisotopic (exact) mass is 1170 g/mol. The molecule has 86 heavy (non-hydrogen) atoms. The number of urea groups is 1. The average molecular weight is 1170 g/mol. The van der Waals surface area contributed by atoms with Crippen LogP contribution < -0.4 is 24.6 Å². The normalized spacial score (nSPS) is 21.5. The van der Waals surface area contributed by atoms with E-state index in [1.807, 2.05) is 91.8 Å². The molecule has 2 bridgehead atoms. The highest BCUT2D eigenvalue weighted by Gasteiger charge is 2.48. The molecule has 9 heterocycles. The Labute approximate surface area is 497 Å². The fourth-order valence-electron chi connectivity index (χ4n) is 13.5. The van der Waals surface area contributed by atoms with Crippen molar-refractivity contribution in [3.63, 3.8) is 0 Å². The summed E-state index contributed by atoms with van der Waals surface area (Å²) < 4.78 is 52.4. The van der Waals surface area contributed by atoms with Crippen molar-refractivity contribution in [2.75, 3.05) is 75.4 Å². The van der Waals surface area contributed by atoms with E-state index < -0.39 is 11.6 Å². The van der Waals surface area contributed by atoms with Crippen molar-refractivity contribution < 1.29 is 47.3 Å². The number of aromatic nitrogens is 6. The Morgan fingerprint density at radius 1 is 0.814 bits per heavy atom. The van der Waals surface area contributed by atoms with Gasteiger partial charge in [0.15, 0.2) is 17.8 Å². The molecule has 3 atom stereocenters. The minimum Gasteiger partial charge on any atom is -0.486 e. The average Bonchev–Trinajstić information content (AvgIpc) is 1.80. The quantitative estimate of drug-likeness (QED) is 0.114. The Morgan fingerprint density at radius 2 is 1.60 bits per heavy atom. The SMILES string of the molecule is Cc1c(F)cc2c(cnn2C2CCCCO2)c1-c1c(C2CC2)cc2c(N3C[C@@H]4C[C@H]3CN4C(=O)OC(C)(C)C)nc(OC3CCOCC3)nc2c1OCc1ccc(C(=O)N2CCN(Cc3ccc4c(N5CCC(=O)NC5=O)nn(C)c4c3)CC2)cc1. The number of hydrogen-bond acceptors (Lipinski definition) is 15. The number of ether oxygens (including phenoxy) is 5. The lowest BCUT2D eigenvalue weighted by molar-refractivity contribution is -0.120. The number of rotatable bonds is 13. The summed E-state index contributed by atoms with van der Waals surface area (Å²) in [5.41, 5.74) is 6.84. The number of nitrogens with zero attached hydrogens (tertiary/aromatic N) is 11. The number of amides is 5. The minimum atomic E-state index is -0.632. The van der Waals surface area contributed by atoms with E-state index in [1.54, 1.807) is 10.7 Å². The Balaban J connectivity index is 0.770. The first-order valence-electron chi connectivity index (χ1n) is 30.6. The van der Waals surface area contributed by atoms with E-state index in [1.165, 1.54) is 4.90 Å². The summed E-state index contributed by atoms with van der Waals surface area (Å²) >= 11 is 0. The van der Waals surface area contributed by atoms with Crippen molar-refractivity contribution in [3.8, 4) is 22.9 Å². The van der Waals surface area contributed by atoms with E-state index in [-0.39, 0.29) is 79.6 Å². The number of anilines is 2. The van der Waals surface area contributed by atoms with Gasteiger partial charge >= 0.3 is 18.1 Å². The van der Waals surface area contributed by atoms with Gasteiger partial charge < -0.3 is 38.4 Å². The van der Waals surface area contributed by atoms with Crippen molar-refractivity contribution in [2.45, 2.75) is 135 Å². The highest BCUT2D eigenvalue weighted by Crippen LogP contribution is 2.54. The van der Waals surface area contributed by atoms with Crippen LogP contribution in [-0.4, -0.2) is 158 Å². The van der Waals surface area contributed by atoms with Crippen molar-refractivity contribution in [1.29, 1.82) is 0 Å². The van der Waals surface area contributed by atoms with E-state index >= 15 is 4.39 Å².